The van der Waals surface area contributed by atoms with Crippen molar-refractivity contribution >= 4 is 12.0 Å². The van der Waals surface area contributed by atoms with Crippen LogP contribution in [0.4, 0.5) is 0 Å². The maximum atomic E-state index is 10.8. The predicted octanol–water partition coefficient (Wildman–Crippen LogP) is 1.14. The quantitative estimate of drug-likeness (QED) is 0.551. The molecule has 0 fully saturated rings. The first-order valence-electron chi connectivity index (χ1n) is 3.78. The van der Waals surface area contributed by atoms with E-state index in [1.165, 1.54) is 6.08 Å². The van der Waals surface area contributed by atoms with Crippen molar-refractivity contribution in [2.75, 3.05) is 0 Å². The van der Waals surface area contributed by atoms with Crippen molar-refractivity contribution in [3.63, 3.8) is 0 Å². The van der Waals surface area contributed by atoms with Gasteiger partial charge in [-0.05, 0) is 23.8 Å². The number of amides is 1. The van der Waals surface area contributed by atoms with E-state index in [9.17, 15) is 4.79 Å². The monoisotopic (exact) mass is 174 g/mol. The summed E-state index contributed by atoms with van der Waals surface area (Å²) in [6.45, 7) is 3.49. The summed E-state index contributed by atoms with van der Waals surface area (Å²) in [5.41, 5.74) is 6.37. The molecule has 3 nitrogen and oxygen atoms in total. The molecule has 0 aliphatic rings. The molecule has 1 amide bonds. The molecule has 2 N–H and O–H groups in total. The molecule has 13 heavy (non-hydrogen) atoms. The van der Waals surface area contributed by atoms with E-state index in [-0.39, 0.29) is 0 Å². The van der Waals surface area contributed by atoms with Crippen molar-refractivity contribution in [2.45, 2.75) is 0 Å². The molecule has 1 aromatic rings. The molecule has 66 valence electrons. The van der Waals surface area contributed by atoms with Crippen LogP contribution in [0, 0.1) is 0 Å². The molecular weight excluding hydrogens is 164 g/mol. The second-order valence-corrected chi connectivity index (χ2v) is 2.45. The first-order valence-corrected chi connectivity index (χ1v) is 3.78. The summed E-state index contributed by atoms with van der Waals surface area (Å²) >= 11 is 0. The third-order valence-corrected chi connectivity index (χ3v) is 1.53. The van der Waals surface area contributed by atoms with Crippen LogP contribution < -0.4 is 5.73 Å². The lowest BCUT2D eigenvalue weighted by atomic mass is 10.1. The van der Waals surface area contributed by atoms with Crippen molar-refractivity contribution in [1.29, 1.82) is 0 Å². The van der Waals surface area contributed by atoms with Gasteiger partial charge in [-0.2, -0.15) is 0 Å². The van der Waals surface area contributed by atoms with E-state index in [0.29, 0.717) is 5.57 Å². The van der Waals surface area contributed by atoms with Gasteiger partial charge < -0.3 is 5.73 Å². The number of aromatic nitrogens is 1. The highest BCUT2D eigenvalue weighted by molar-refractivity contribution is 5.99. The topological polar surface area (TPSA) is 56.0 Å². The van der Waals surface area contributed by atoms with E-state index in [1.807, 2.05) is 0 Å². The lowest BCUT2D eigenvalue weighted by Crippen LogP contribution is -2.11. The second-order valence-electron chi connectivity index (χ2n) is 2.45. The van der Waals surface area contributed by atoms with Gasteiger partial charge in [0, 0.05) is 18.0 Å². The Labute approximate surface area is 76.6 Å². The van der Waals surface area contributed by atoms with Crippen LogP contribution >= 0.6 is 0 Å². The minimum Gasteiger partial charge on any atom is -0.366 e. The van der Waals surface area contributed by atoms with Crippen LogP contribution in [0.5, 0.6) is 0 Å². The third kappa shape index (κ3) is 2.56. The summed E-state index contributed by atoms with van der Waals surface area (Å²) in [6.07, 6.45) is 6.39. The molecule has 0 unspecified atom stereocenters. The Hall–Kier alpha value is -1.90. The van der Waals surface area contributed by atoms with Gasteiger partial charge in [0.15, 0.2) is 0 Å². The number of rotatable bonds is 3. The number of nitrogens with zero attached hydrogens (tertiary/aromatic N) is 1. The Bertz CT molecular complexity index is 341. The standard InChI is InChI=1S/C10H10N2O/c1-2-9(10(11)13)7-8-3-5-12-6-4-8/h2-7H,1H2,(H2,11,13)/b9-7+. The van der Waals surface area contributed by atoms with Crippen LogP contribution in [0.25, 0.3) is 6.08 Å². The Morgan fingerprint density at radius 3 is 2.54 bits per heavy atom. The van der Waals surface area contributed by atoms with Crippen LogP contribution in [0.15, 0.2) is 42.8 Å². The van der Waals surface area contributed by atoms with Crippen LogP contribution in [-0.4, -0.2) is 10.9 Å². The average Bonchev–Trinajstić information content (AvgIpc) is 2.15. The van der Waals surface area contributed by atoms with Gasteiger partial charge in [-0.15, -0.1) is 0 Å². The molecule has 0 spiro atoms. The van der Waals surface area contributed by atoms with Gasteiger partial charge in [0.2, 0.25) is 5.91 Å². The van der Waals surface area contributed by atoms with Crippen LogP contribution in [0.3, 0.4) is 0 Å². The normalized spacial score (nSPS) is 10.9. The summed E-state index contributed by atoms with van der Waals surface area (Å²) < 4.78 is 0. The van der Waals surface area contributed by atoms with Crippen molar-refractivity contribution in [3.8, 4) is 0 Å². The summed E-state index contributed by atoms with van der Waals surface area (Å²) in [4.78, 5) is 14.7. The molecule has 0 radical (unpaired) electrons. The number of hydrogen-bond acceptors (Lipinski definition) is 2. The lowest BCUT2D eigenvalue weighted by Gasteiger charge is -1.95. The number of primary amides is 1. The van der Waals surface area contributed by atoms with E-state index in [1.54, 1.807) is 30.6 Å². The summed E-state index contributed by atoms with van der Waals surface area (Å²) in [5.74, 6) is -0.480. The van der Waals surface area contributed by atoms with Crippen molar-refractivity contribution in [3.05, 3.63) is 48.3 Å². The van der Waals surface area contributed by atoms with Crippen molar-refractivity contribution < 1.29 is 4.79 Å². The SMILES string of the molecule is C=C/C(=C\c1ccncc1)C(N)=O. The molecule has 0 saturated heterocycles. The third-order valence-electron chi connectivity index (χ3n) is 1.53. The van der Waals surface area contributed by atoms with Crippen LogP contribution in [0.1, 0.15) is 5.56 Å². The highest BCUT2D eigenvalue weighted by Gasteiger charge is 1.98. The van der Waals surface area contributed by atoms with Gasteiger partial charge in [0.05, 0.1) is 0 Å². The zero-order valence-corrected chi connectivity index (χ0v) is 7.10. The number of carbonyl (C=O) groups excluding carboxylic acids is 1. The number of pyridine rings is 1. The molecule has 0 aromatic carbocycles. The summed E-state index contributed by atoms with van der Waals surface area (Å²) in [6, 6.07) is 3.57. The average molecular weight is 174 g/mol. The van der Waals surface area contributed by atoms with E-state index in [0.717, 1.165) is 5.56 Å². The minimum absolute atomic E-state index is 0.395. The molecule has 1 aromatic heterocycles. The van der Waals surface area contributed by atoms with E-state index in [2.05, 4.69) is 11.6 Å². The predicted molar refractivity (Wildman–Crippen MR) is 51.6 cm³/mol. The van der Waals surface area contributed by atoms with Crippen molar-refractivity contribution in [1.82, 2.24) is 4.98 Å². The molecule has 0 saturated carbocycles. The molecule has 1 heterocycles. The molecule has 3 heteroatoms. The van der Waals surface area contributed by atoms with Gasteiger partial charge in [-0.1, -0.05) is 12.7 Å². The highest BCUT2D eigenvalue weighted by Crippen LogP contribution is 2.05. The lowest BCUT2D eigenvalue weighted by molar-refractivity contribution is -0.114. The summed E-state index contributed by atoms with van der Waals surface area (Å²) in [5, 5.41) is 0. The van der Waals surface area contributed by atoms with Crippen molar-refractivity contribution in [2.24, 2.45) is 5.73 Å². The van der Waals surface area contributed by atoms with Gasteiger partial charge in [0.1, 0.15) is 0 Å². The number of carbonyl (C=O) groups is 1. The fourth-order valence-electron chi connectivity index (χ4n) is 0.870. The maximum absolute atomic E-state index is 10.8. The molecular formula is C10H10N2O. The molecule has 0 aliphatic carbocycles. The smallest absolute Gasteiger partial charge is 0.248 e. The van der Waals surface area contributed by atoms with Gasteiger partial charge in [-0.25, -0.2) is 0 Å². The van der Waals surface area contributed by atoms with E-state index in [4.69, 9.17) is 5.73 Å². The molecule has 0 atom stereocenters. The van der Waals surface area contributed by atoms with Gasteiger partial charge >= 0.3 is 0 Å². The van der Waals surface area contributed by atoms with Gasteiger partial charge in [-0.3, -0.25) is 9.78 Å². The largest absolute Gasteiger partial charge is 0.366 e. The van der Waals surface area contributed by atoms with E-state index >= 15 is 0 Å². The van der Waals surface area contributed by atoms with Gasteiger partial charge in [0.25, 0.3) is 0 Å². The number of hydrogen-bond donors (Lipinski definition) is 1. The fraction of sp³-hybridized carbons (Fsp3) is 0. The van der Waals surface area contributed by atoms with Crippen LogP contribution in [-0.2, 0) is 4.79 Å². The number of nitrogens with two attached hydrogens (primary N) is 1. The van der Waals surface area contributed by atoms with E-state index < -0.39 is 5.91 Å². The minimum atomic E-state index is -0.480. The zero-order chi connectivity index (χ0) is 9.68. The maximum Gasteiger partial charge on any atom is 0.248 e. The van der Waals surface area contributed by atoms with Crippen LogP contribution in [0.2, 0.25) is 0 Å². The second kappa shape index (κ2) is 4.21. The fourth-order valence-corrected chi connectivity index (χ4v) is 0.870. The molecule has 0 aliphatic heterocycles. The Morgan fingerprint density at radius 1 is 1.46 bits per heavy atom. The Morgan fingerprint density at radius 2 is 2.08 bits per heavy atom. The first-order chi connectivity index (χ1) is 6.24. The Balaban J connectivity index is 2.98. The first kappa shape index (κ1) is 9.19. The Kier molecular flexibility index (Phi) is 2.97. The molecule has 1 rings (SSSR count). The summed E-state index contributed by atoms with van der Waals surface area (Å²) in [7, 11) is 0. The highest BCUT2D eigenvalue weighted by atomic mass is 16.1. The molecule has 0 bridgehead atoms. The zero-order valence-electron chi connectivity index (χ0n) is 7.10.